The van der Waals surface area contributed by atoms with E-state index in [9.17, 15) is 23.1 Å². The van der Waals surface area contributed by atoms with Crippen molar-refractivity contribution in [3.63, 3.8) is 0 Å². The number of halogens is 5. The molecule has 0 spiro atoms. The van der Waals surface area contributed by atoms with Crippen molar-refractivity contribution < 1.29 is 27.8 Å². The Labute approximate surface area is 183 Å². The van der Waals surface area contributed by atoms with Gasteiger partial charge >= 0.3 is 12.1 Å². The van der Waals surface area contributed by atoms with Crippen LogP contribution in [0.1, 0.15) is 47.8 Å². The minimum absolute atomic E-state index is 0.0360. The van der Waals surface area contributed by atoms with Gasteiger partial charge in [-0.3, -0.25) is 0 Å². The first-order valence-electron chi connectivity index (χ1n) is 8.91. The van der Waals surface area contributed by atoms with Gasteiger partial charge < -0.3 is 9.84 Å². The molecule has 0 aliphatic heterocycles. The SMILES string of the molecule is Cc1cc(/C=C/C(O)(c2cc(Cl)cc(Cl)c2)C(F)(F)F)ccc1C(=O)OC(C)(C)C. The standard InChI is InChI=1S/C22H21Cl2F3O3/c1-13-9-14(5-6-18(13)19(28)30-20(2,3)4)7-8-21(29,22(25,26)27)15-10-16(23)12-17(24)11-15/h5-12,29H,1-4H3/b8-7+. The zero-order valence-electron chi connectivity index (χ0n) is 16.8. The van der Waals surface area contributed by atoms with Crippen LogP contribution < -0.4 is 0 Å². The van der Waals surface area contributed by atoms with Crippen LogP contribution in [-0.2, 0) is 10.3 Å². The fourth-order valence-corrected chi connectivity index (χ4v) is 3.22. The fourth-order valence-electron chi connectivity index (χ4n) is 2.70. The summed E-state index contributed by atoms with van der Waals surface area (Å²) in [6.07, 6.45) is -3.28. The van der Waals surface area contributed by atoms with Gasteiger partial charge in [-0.05, 0) is 74.7 Å². The molecule has 162 valence electrons. The number of esters is 1. The molecule has 1 atom stereocenters. The molecule has 0 saturated carbocycles. The van der Waals surface area contributed by atoms with Crippen LogP contribution in [-0.4, -0.2) is 22.9 Å². The maximum atomic E-state index is 13.7. The van der Waals surface area contributed by atoms with Crippen molar-refractivity contribution in [3.8, 4) is 0 Å². The molecule has 0 heterocycles. The zero-order chi connectivity index (χ0) is 22.9. The summed E-state index contributed by atoms with van der Waals surface area (Å²) in [6.45, 7) is 6.84. The van der Waals surface area contributed by atoms with Crippen LogP contribution >= 0.6 is 23.2 Å². The first kappa shape index (κ1) is 24.3. The Kier molecular flexibility index (Phi) is 6.96. The van der Waals surface area contributed by atoms with Crippen LogP contribution in [0.5, 0.6) is 0 Å². The highest BCUT2D eigenvalue weighted by atomic mass is 35.5. The van der Waals surface area contributed by atoms with Gasteiger partial charge in [0.1, 0.15) is 5.60 Å². The molecule has 8 heteroatoms. The molecule has 1 unspecified atom stereocenters. The molecule has 2 aromatic carbocycles. The highest BCUT2D eigenvalue weighted by molar-refractivity contribution is 6.34. The summed E-state index contributed by atoms with van der Waals surface area (Å²) in [4.78, 5) is 12.2. The normalized spacial score (nSPS) is 14.6. The summed E-state index contributed by atoms with van der Waals surface area (Å²) in [5.41, 5.74) is -3.31. The molecule has 0 amide bonds. The molecule has 0 aliphatic carbocycles. The number of benzene rings is 2. The predicted molar refractivity (Wildman–Crippen MR) is 112 cm³/mol. The van der Waals surface area contributed by atoms with E-state index in [4.69, 9.17) is 27.9 Å². The van der Waals surface area contributed by atoms with Gasteiger partial charge in [0, 0.05) is 10.0 Å². The van der Waals surface area contributed by atoms with Gasteiger partial charge in [-0.1, -0.05) is 41.4 Å². The number of hydrogen-bond donors (Lipinski definition) is 1. The van der Waals surface area contributed by atoms with Crippen LogP contribution in [0.15, 0.2) is 42.5 Å². The Morgan fingerprint density at radius 2 is 1.60 bits per heavy atom. The van der Waals surface area contributed by atoms with E-state index in [0.29, 0.717) is 22.8 Å². The molecule has 2 aromatic rings. The minimum atomic E-state index is -5.02. The van der Waals surface area contributed by atoms with Crippen molar-refractivity contribution in [2.45, 2.75) is 45.1 Å². The second kappa shape index (κ2) is 8.61. The molecule has 0 saturated heterocycles. The maximum Gasteiger partial charge on any atom is 0.425 e. The summed E-state index contributed by atoms with van der Waals surface area (Å²) in [6, 6.07) is 7.73. The lowest BCUT2D eigenvalue weighted by Gasteiger charge is -2.28. The van der Waals surface area contributed by atoms with Crippen molar-refractivity contribution in [2.75, 3.05) is 0 Å². The second-order valence-corrected chi connectivity index (χ2v) is 8.70. The summed E-state index contributed by atoms with van der Waals surface area (Å²) >= 11 is 11.6. The predicted octanol–water partition coefficient (Wildman–Crippen LogP) is 6.72. The van der Waals surface area contributed by atoms with E-state index in [-0.39, 0.29) is 10.0 Å². The van der Waals surface area contributed by atoms with Crippen LogP contribution in [0.4, 0.5) is 13.2 Å². The Morgan fingerprint density at radius 3 is 2.07 bits per heavy atom. The first-order valence-corrected chi connectivity index (χ1v) is 9.67. The second-order valence-electron chi connectivity index (χ2n) is 7.83. The van der Waals surface area contributed by atoms with E-state index < -0.39 is 28.9 Å². The number of aryl methyl sites for hydroxylation is 1. The van der Waals surface area contributed by atoms with E-state index in [1.807, 2.05) is 0 Å². The molecule has 0 fully saturated rings. The molecule has 0 bridgehead atoms. The lowest BCUT2D eigenvalue weighted by molar-refractivity contribution is -0.244. The largest absolute Gasteiger partial charge is 0.456 e. The van der Waals surface area contributed by atoms with Crippen molar-refractivity contribution >= 4 is 35.2 Å². The van der Waals surface area contributed by atoms with Crippen molar-refractivity contribution in [1.82, 2.24) is 0 Å². The molecule has 0 aromatic heterocycles. The van der Waals surface area contributed by atoms with E-state index >= 15 is 0 Å². The third-order valence-corrected chi connectivity index (χ3v) is 4.56. The Morgan fingerprint density at radius 1 is 1.03 bits per heavy atom. The van der Waals surface area contributed by atoms with Gasteiger partial charge in [-0.25, -0.2) is 4.79 Å². The molecule has 0 radical (unpaired) electrons. The molecular weight excluding hydrogens is 440 g/mol. The molecular formula is C22H21Cl2F3O3. The topological polar surface area (TPSA) is 46.5 Å². The van der Waals surface area contributed by atoms with Crippen molar-refractivity contribution in [3.05, 3.63) is 74.8 Å². The Hall–Kier alpha value is -2.02. The van der Waals surface area contributed by atoms with Gasteiger partial charge in [0.25, 0.3) is 0 Å². The number of carbonyl (C=O) groups is 1. The number of aliphatic hydroxyl groups is 1. The van der Waals surface area contributed by atoms with Gasteiger partial charge in [0.15, 0.2) is 0 Å². The third kappa shape index (κ3) is 5.78. The lowest BCUT2D eigenvalue weighted by Crippen LogP contribution is -2.40. The summed E-state index contributed by atoms with van der Waals surface area (Å²) in [7, 11) is 0. The van der Waals surface area contributed by atoms with Gasteiger partial charge in [-0.2, -0.15) is 13.2 Å². The number of hydrogen-bond acceptors (Lipinski definition) is 3. The van der Waals surface area contributed by atoms with E-state index in [0.717, 1.165) is 18.2 Å². The average molecular weight is 461 g/mol. The number of carbonyl (C=O) groups excluding carboxylic acids is 1. The van der Waals surface area contributed by atoms with Gasteiger partial charge in [-0.15, -0.1) is 0 Å². The minimum Gasteiger partial charge on any atom is -0.456 e. The summed E-state index contributed by atoms with van der Waals surface area (Å²) in [5, 5.41) is 10.4. The van der Waals surface area contributed by atoms with Crippen LogP contribution in [0.3, 0.4) is 0 Å². The molecule has 0 aliphatic rings. The average Bonchev–Trinajstić information content (AvgIpc) is 2.56. The number of rotatable bonds is 4. The zero-order valence-corrected chi connectivity index (χ0v) is 18.3. The molecule has 30 heavy (non-hydrogen) atoms. The van der Waals surface area contributed by atoms with Crippen LogP contribution in [0, 0.1) is 6.92 Å². The summed E-state index contributed by atoms with van der Waals surface area (Å²) in [5.74, 6) is -0.532. The van der Waals surface area contributed by atoms with E-state index in [2.05, 4.69) is 0 Å². The van der Waals surface area contributed by atoms with E-state index in [1.54, 1.807) is 27.7 Å². The van der Waals surface area contributed by atoms with Crippen LogP contribution in [0.2, 0.25) is 10.0 Å². The highest BCUT2D eigenvalue weighted by Crippen LogP contribution is 2.42. The third-order valence-electron chi connectivity index (χ3n) is 4.12. The Bertz CT molecular complexity index is 958. The quantitative estimate of drug-likeness (QED) is 0.515. The molecule has 2 rings (SSSR count). The van der Waals surface area contributed by atoms with Gasteiger partial charge in [0.2, 0.25) is 5.60 Å². The first-order chi connectivity index (χ1) is 13.6. The van der Waals surface area contributed by atoms with Gasteiger partial charge in [0.05, 0.1) is 5.56 Å². The summed E-state index contributed by atoms with van der Waals surface area (Å²) < 4.78 is 46.5. The Balaban J connectivity index is 2.41. The molecule has 3 nitrogen and oxygen atoms in total. The molecule has 1 N–H and O–H groups in total. The number of ether oxygens (including phenoxy) is 1. The van der Waals surface area contributed by atoms with Crippen molar-refractivity contribution in [2.24, 2.45) is 0 Å². The van der Waals surface area contributed by atoms with Crippen molar-refractivity contribution in [1.29, 1.82) is 0 Å². The smallest absolute Gasteiger partial charge is 0.425 e. The fraction of sp³-hybridized carbons (Fsp3) is 0.318. The number of alkyl halides is 3. The van der Waals surface area contributed by atoms with Crippen LogP contribution in [0.25, 0.3) is 6.08 Å². The monoisotopic (exact) mass is 460 g/mol. The lowest BCUT2D eigenvalue weighted by atomic mass is 9.91. The highest BCUT2D eigenvalue weighted by Gasteiger charge is 2.53. The maximum absolute atomic E-state index is 13.7. The van der Waals surface area contributed by atoms with E-state index in [1.165, 1.54) is 24.3 Å².